The van der Waals surface area contributed by atoms with Gasteiger partial charge >= 0.3 is 12.4 Å². The maximum absolute atomic E-state index is 12.5. The van der Waals surface area contributed by atoms with Crippen LogP contribution in [-0.2, 0) is 22.2 Å². The van der Waals surface area contributed by atoms with Gasteiger partial charge in [0.1, 0.15) is 0 Å². The average Bonchev–Trinajstić information content (AvgIpc) is 2.22. The monoisotopic (exact) mass is 316 g/mol. The van der Waals surface area contributed by atoms with Gasteiger partial charge in [0.25, 0.3) is 0 Å². The van der Waals surface area contributed by atoms with E-state index in [4.69, 9.17) is 0 Å². The van der Waals surface area contributed by atoms with E-state index in [1.807, 2.05) is 0 Å². The normalized spacial score (nSPS) is 12.8. The van der Waals surface area contributed by atoms with Crippen LogP contribution in [0, 0.1) is 11.2 Å². The van der Waals surface area contributed by atoms with Crippen LogP contribution in [0.3, 0.4) is 0 Å². The molecule has 2 nitrogen and oxygen atoms in total. The Labute approximate surface area is 110 Å². The van der Waals surface area contributed by atoms with Crippen molar-refractivity contribution >= 4 is 9.84 Å². The topological polar surface area (TPSA) is 34.1 Å². The van der Waals surface area contributed by atoms with Gasteiger partial charge in [0, 0.05) is 10.8 Å². The summed E-state index contributed by atoms with van der Waals surface area (Å²) in [6.45, 7) is 0. The van der Waals surface area contributed by atoms with Gasteiger partial charge in [-0.1, -0.05) is 5.92 Å². The number of sulfone groups is 1. The third-order valence-electron chi connectivity index (χ3n) is 1.97. The number of hydrogen-bond donors (Lipinski definition) is 0. The van der Waals surface area contributed by atoms with Crippen molar-refractivity contribution in [2.75, 3.05) is 6.26 Å². The fourth-order valence-corrected chi connectivity index (χ4v) is 1.48. The molecule has 0 N–H and O–H groups in total. The van der Waals surface area contributed by atoms with Crippen LogP contribution in [-0.4, -0.2) is 14.7 Å². The van der Waals surface area contributed by atoms with Crippen LogP contribution < -0.4 is 0 Å². The van der Waals surface area contributed by atoms with Gasteiger partial charge in [-0.3, -0.25) is 0 Å². The Morgan fingerprint density at radius 2 is 1.30 bits per heavy atom. The first-order valence-electron chi connectivity index (χ1n) is 4.81. The maximum Gasteiger partial charge on any atom is 0.416 e. The third-order valence-corrected chi connectivity index (χ3v) is 2.44. The lowest BCUT2D eigenvalue weighted by atomic mass is 10.1. The third kappa shape index (κ3) is 4.77. The number of halogens is 6. The van der Waals surface area contributed by atoms with E-state index in [0.717, 1.165) is 0 Å². The first kappa shape index (κ1) is 16.4. The highest BCUT2D eigenvalue weighted by molar-refractivity contribution is 7.95. The molecular formula is C11H6F6O2S. The van der Waals surface area contributed by atoms with Gasteiger partial charge in [0.05, 0.1) is 17.4 Å². The quantitative estimate of drug-likeness (QED) is 0.544. The van der Waals surface area contributed by atoms with E-state index < -0.39 is 38.9 Å². The van der Waals surface area contributed by atoms with Gasteiger partial charge in [-0.15, -0.1) is 0 Å². The van der Waals surface area contributed by atoms with E-state index in [0.29, 0.717) is 18.4 Å². The minimum Gasteiger partial charge on any atom is -0.216 e. The molecule has 0 fully saturated rings. The highest BCUT2D eigenvalue weighted by Gasteiger charge is 2.36. The van der Waals surface area contributed by atoms with Gasteiger partial charge in [-0.2, -0.15) is 26.3 Å². The summed E-state index contributed by atoms with van der Waals surface area (Å²) in [5.74, 6) is 1.77. The molecule has 20 heavy (non-hydrogen) atoms. The van der Waals surface area contributed by atoms with Crippen molar-refractivity contribution < 1.29 is 34.8 Å². The van der Waals surface area contributed by atoms with Crippen molar-refractivity contribution in [1.82, 2.24) is 0 Å². The van der Waals surface area contributed by atoms with Crippen LogP contribution in [0.1, 0.15) is 16.7 Å². The zero-order valence-corrected chi connectivity index (χ0v) is 10.5. The first-order valence-corrected chi connectivity index (χ1v) is 6.70. The van der Waals surface area contributed by atoms with Crippen molar-refractivity contribution in [3.05, 3.63) is 34.9 Å². The minimum atomic E-state index is -5.00. The molecule has 9 heteroatoms. The summed E-state index contributed by atoms with van der Waals surface area (Å²) >= 11 is 0. The van der Waals surface area contributed by atoms with E-state index in [2.05, 4.69) is 0 Å². The SMILES string of the molecule is CS(=O)(=O)C#Cc1cc(C(F)(F)F)cc(C(F)(F)F)c1. The number of rotatable bonds is 0. The number of alkyl halides is 6. The summed E-state index contributed by atoms with van der Waals surface area (Å²) in [4.78, 5) is 0. The van der Waals surface area contributed by atoms with Gasteiger partial charge in [0.15, 0.2) is 0 Å². The molecule has 0 saturated carbocycles. The Morgan fingerprint density at radius 1 is 0.900 bits per heavy atom. The molecule has 1 aromatic carbocycles. The van der Waals surface area contributed by atoms with Crippen molar-refractivity contribution in [3.63, 3.8) is 0 Å². The lowest BCUT2D eigenvalue weighted by molar-refractivity contribution is -0.143. The van der Waals surface area contributed by atoms with Crippen LogP contribution in [0.25, 0.3) is 0 Å². The summed E-state index contributed by atoms with van der Waals surface area (Å²) in [7, 11) is -3.84. The smallest absolute Gasteiger partial charge is 0.216 e. The minimum absolute atomic E-state index is 0.0639. The average molecular weight is 316 g/mol. The molecular weight excluding hydrogens is 310 g/mol. The fourth-order valence-electron chi connectivity index (χ4n) is 1.18. The second-order valence-corrected chi connectivity index (χ2v) is 5.54. The van der Waals surface area contributed by atoms with Crippen LogP contribution in [0.2, 0.25) is 0 Å². The van der Waals surface area contributed by atoms with Crippen LogP contribution in [0.4, 0.5) is 26.3 Å². The van der Waals surface area contributed by atoms with Crippen LogP contribution in [0.5, 0.6) is 0 Å². The molecule has 110 valence electrons. The van der Waals surface area contributed by atoms with Crippen molar-refractivity contribution in [3.8, 4) is 11.2 Å². The molecule has 0 radical (unpaired) electrons. The van der Waals surface area contributed by atoms with Gasteiger partial charge in [-0.25, -0.2) is 8.42 Å². The van der Waals surface area contributed by atoms with Gasteiger partial charge < -0.3 is 0 Å². The van der Waals surface area contributed by atoms with Crippen LogP contribution >= 0.6 is 0 Å². The Bertz CT molecular complexity index is 641. The number of hydrogen-bond acceptors (Lipinski definition) is 2. The molecule has 0 heterocycles. The highest BCUT2D eigenvalue weighted by atomic mass is 32.2. The van der Waals surface area contributed by atoms with Gasteiger partial charge in [-0.05, 0) is 18.2 Å². The molecule has 0 aliphatic rings. The van der Waals surface area contributed by atoms with Crippen LogP contribution in [0.15, 0.2) is 18.2 Å². The molecule has 0 atom stereocenters. The molecule has 1 aromatic rings. The molecule has 1 rings (SSSR count). The van der Waals surface area contributed by atoms with Gasteiger partial charge in [0.2, 0.25) is 9.84 Å². The lowest BCUT2D eigenvalue weighted by Crippen LogP contribution is -2.11. The summed E-state index contributed by atoms with van der Waals surface area (Å²) in [6, 6.07) is 0.645. The number of benzene rings is 1. The van der Waals surface area contributed by atoms with E-state index >= 15 is 0 Å². The summed E-state index contributed by atoms with van der Waals surface area (Å²) in [6.07, 6.45) is -9.32. The highest BCUT2D eigenvalue weighted by Crippen LogP contribution is 2.36. The summed E-state index contributed by atoms with van der Waals surface area (Å²) in [5, 5.41) is 1.58. The first-order chi connectivity index (χ1) is 8.79. The molecule has 0 bridgehead atoms. The molecule has 0 spiro atoms. The predicted octanol–water partition coefficient (Wildman–Crippen LogP) is 3.08. The van der Waals surface area contributed by atoms with E-state index in [9.17, 15) is 34.8 Å². The molecule has 0 aliphatic carbocycles. The Morgan fingerprint density at radius 3 is 1.60 bits per heavy atom. The van der Waals surface area contributed by atoms with E-state index in [1.54, 1.807) is 11.2 Å². The zero-order chi connectivity index (χ0) is 15.8. The molecule has 0 saturated heterocycles. The summed E-state index contributed by atoms with van der Waals surface area (Å²) < 4.78 is 96.4. The molecule has 0 unspecified atom stereocenters. The van der Waals surface area contributed by atoms with Crippen molar-refractivity contribution in [2.24, 2.45) is 0 Å². The Hall–Kier alpha value is -1.69. The van der Waals surface area contributed by atoms with E-state index in [1.165, 1.54) is 0 Å². The fraction of sp³-hybridized carbons (Fsp3) is 0.273. The van der Waals surface area contributed by atoms with E-state index in [-0.39, 0.29) is 6.07 Å². The second-order valence-electron chi connectivity index (χ2n) is 3.79. The van der Waals surface area contributed by atoms with Crippen molar-refractivity contribution in [1.29, 1.82) is 0 Å². The Kier molecular flexibility index (Phi) is 4.10. The Balaban J connectivity index is 3.50. The lowest BCUT2D eigenvalue weighted by Gasteiger charge is -2.12. The van der Waals surface area contributed by atoms with Crippen molar-refractivity contribution in [2.45, 2.75) is 12.4 Å². The molecule has 0 aromatic heterocycles. The predicted molar refractivity (Wildman–Crippen MR) is 58.2 cm³/mol. The summed E-state index contributed by atoms with van der Waals surface area (Å²) in [5.41, 5.74) is -3.78. The second kappa shape index (κ2) is 5.01. The molecule has 0 aliphatic heterocycles. The molecule has 0 amide bonds. The standard InChI is InChI=1S/C11H6F6O2S/c1-20(18,19)3-2-7-4-8(10(12,13)14)6-9(5-7)11(15,16)17/h4-6H,1H3. The largest absolute Gasteiger partial charge is 0.416 e. The maximum atomic E-state index is 12.5. The zero-order valence-electron chi connectivity index (χ0n) is 9.72.